The van der Waals surface area contributed by atoms with Gasteiger partial charge >= 0.3 is 5.97 Å². The molecule has 3 aromatic rings. The molecule has 0 fully saturated rings. The summed E-state index contributed by atoms with van der Waals surface area (Å²) in [5.41, 5.74) is 2.40. The van der Waals surface area contributed by atoms with Crippen LogP contribution in [0.1, 0.15) is 15.9 Å². The molecule has 132 valence electrons. The molecule has 0 bridgehead atoms. The first-order chi connectivity index (χ1) is 12.5. The van der Waals surface area contributed by atoms with E-state index in [9.17, 15) is 9.59 Å². The van der Waals surface area contributed by atoms with Crippen LogP contribution in [0.5, 0.6) is 5.75 Å². The van der Waals surface area contributed by atoms with Gasteiger partial charge in [-0.15, -0.1) is 10.2 Å². The minimum Gasteiger partial charge on any atom is -0.482 e. The second-order valence-electron chi connectivity index (χ2n) is 5.56. The van der Waals surface area contributed by atoms with Gasteiger partial charge in [-0.25, -0.2) is 4.79 Å². The lowest BCUT2D eigenvalue weighted by molar-refractivity contribution is -0.118. The van der Waals surface area contributed by atoms with Crippen LogP contribution in [0.2, 0.25) is 0 Å². The number of rotatable bonds is 6. The Kier molecular flexibility index (Phi) is 4.93. The quantitative estimate of drug-likeness (QED) is 0.705. The maximum absolute atomic E-state index is 12.1. The zero-order valence-electron chi connectivity index (χ0n) is 13.9. The van der Waals surface area contributed by atoms with Crippen LogP contribution in [0.3, 0.4) is 0 Å². The molecule has 3 rings (SSSR count). The SMILES string of the molecule is Cc1ccc(OCC(=O)Nc2ccc(C(=O)O)cc2)c(-n2cnnc2)c1. The largest absolute Gasteiger partial charge is 0.482 e. The molecule has 0 saturated carbocycles. The number of hydrogen-bond donors (Lipinski definition) is 2. The van der Waals surface area contributed by atoms with Crippen molar-refractivity contribution in [1.29, 1.82) is 0 Å². The Balaban J connectivity index is 1.65. The van der Waals surface area contributed by atoms with Gasteiger partial charge in [0.2, 0.25) is 0 Å². The number of ether oxygens (including phenoxy) is 1. The number of carbonyl (C=O) groups is 2. The molecule has 0 saturated heterocycles. The summed E-state index contributed by atoms with van der Waals surface area (Å²) in [5, 5.41) is 19.1. The fourth-order valence-corrected chi connectivity index (χ4v) is 2.31. The van der Waals surface area contributed by atoms with E-state index in [0.717, 1.165) is 11.3 Å². The highest BCUT2D eigenvalue weighted by Crippen LogP contribution is 2.23. The van der Waals surface area contributed by atoms with Crippen molar-refractivity contribution < 1.29 is 19.4 Å². The number of hydrogen-bond acceptors (Lipinski definition) is 5. The lowest BCUT2D eigenvalue weighted by Crippen LogP contribution is -2.20. The maximum atomic E-state index is 12.1. The van der Waals surface area contributed by atoms with Gasteiger partial charge in [-0.1, -0.05) is 6.07 Å². The van der Waals surface area contributed by atoms with Crippen molar-refractivity contribution >= 4 is 17.6 Å². The van der Waals surface area contributed by atoms with Gasteiger partial charge in [-0.3, -0.25) is 9.36 Å². The smallest absolute Gasteiger partial charge is 0.335 e. The molecule has 2 aromatic carbocycles. The molecule has 8 nitrogen and oxygen atoms in total. The average molecular weight is 352 g/mol. The summed E-state index contributed by atoms with van der Waals surface area (Å²) in [6.07, 6.45) is 3.09. The van der Waals surface area contributed by atoms with Crippen molar-refractivity contribution in [2.75, 3.05) is 11.9 Å². The molecule has 1 heterocycles. The van der Waals surface area contributed by atoms with E-state index in [0.29, 0.717) is 11.4 Å². The van der Waals surface area contributed by atoms with Gasteiger partial charge in [0.1, 0.15) is 18.4 Å². The Labute approximate surface area is 149 Å². The van der Waals surface area contributed by atoms with E-state index in [1.807, 2.05) is 19.1 Å². The van der Waals surface area contributed by atoms with Crippen molar-refractivity contribution in [3.05, 3.63) is 66.2 Å². The molecular weight excluding hydrogens is 336 g/mol. The summed E-state index contributed by atoms with van der Waals surface area (Å²) < 4.78 is 7.33. The first-order valence-corrected chi connectivity index (χ1v) is 7.74. The zero-order valence-corrected chi connectivity index (χ0v) is 13.9. The monoisotopic (exact) mass is 352 g/mol. The van der Waals surface area contributed by atoms with Crippen molar-refractivity contribution in [2.24, 2.45) is 0 Å². The minimum atomic E-state index is -1.02. The minimum absolute atomic E-state index is 0.150. The highest BCUT2D eigenvalue weighted by atomic mass is 16.5. The molecule has 0 spiro atoms. The van der Waals surface area contributed by atoms with Crippen LogP contribution in [0.15, 0.2) is 55.1 Å². The normalized spacial score (nSPS) is 10.3. The van der Waals surface area contributed by atoms with Crippen molar-refractivity contribution in [1.82, 2.24) is 14.8 Å². The highest BCUT2D eigenvalue weighted by Gasteiger charge is 2.10. The van der Waals surface area contributed by atoms with Gasteiger partial charge in [-0.05, 0) is 48.9 Å². The van der Waals surface area contributed by atoms with Crippen LogP contribution in [0.4, 0.5) is 5.69 Å². The lowest BCUT2D eigenvalue weighted by Gasteiger charge is -2.12. The number of carboxylic acids is 1. The van der Waals surface area contributed by atoms with E-state index < -0.39 is 5.97 Å². The van der Waals surface area contributed by atoms with Gasteiger partial charge in [-0.2, -0.15) is 0 Å². The number of nitrogens with one attached hydrogen (secondary N) is 1. The van der Waals surface area contributed by atoms with Crippen molar-refractivity contribution in [3.8, 4) is 11.4 Å². The van der Waals surface area contributed by atoms with Crippen molar-refractivity contribution in [3.63, 3.8) is 0 Å². The maximum Gasteiger partial charge on any atom is 0.335 e. The van der Waals surface area contributed by atoms with E-state index in [4.69, 9.17) is 9.84 Å². The Hall–Kier alpha value is -3.68. The Morgan fingerprint density at radius 1 is 1.12 bits per heavy atom. The Bertz CT molecular complexity index is 921. The summed E-state index contributed by atoms with van der Waals surface area (Å²) >= 11 is 0. The number of aryl methyl sites for hydroxylation is 1. The van der Waals surface area contributed by atoms with Gasteiger partial charge in [0, 0.05) is 5.69 Å². The summed E-state index contributed by atoms with van der Waals surface area (Å²) in [5.74, 6) is -0.859. The summed E-state index contributed by atoms with van der Waals surface area (Å²) in [4.78, 5) is 22.9. The predicted octanol–water partition coefficient (Wildman–Crippen LogP) is 2.29. The number of carboxylic acid groups (broad SMARTS) is 1. The van der Waals surface area contributed by atoms with E-state index in [2.05, 4.69) is 15.5 Å². The third-order valence-electron chi connectivity index (χ3n) is 3.59. The summed E-state index contributed by atoms with van der Waals surface area (Å²) in [6, 6.07) is 11.4. The Morgan fingerprint density at radius 2 is 1.81 bits per heavy atom. The molecule has 0 atom stereocenters. The number of aromatic nitrogens is 3. The van der Waals surface area contributed by atoms with E-state index in [1.165, 1.54) is 24.3 Å². The molecule has 1 aromatic heterocycles. The molecule has 0 aliphatic carbocycles. The molecule has 0 unspecified atom stereocenters. The molecule has 0 radical (unpaired) electrons. The topological polar surface area (TPSA) is 106 Å². The van der Waals surface area contributed by atoms with Gasteiger partial charge in [0.05, 0.1) is 11.3 Å². The van der Waals surface area contributed by atoms with Crippen LogP contribution >= 0.6 is 0 Å². The molecule has 0 aliphatic rings. The second-order valence-corrected chi connectivity index (χ2v) is 5.56. The predicted molar refractivity (Wildman–Crippen MR) is 93.6 cm³/mol. The number of nitrogens with zero attached hydrogens (tertiary/aromatic N) is 3. The number of benzene rings is 2. The lowest BCUT2D eigenvalue weighted by atomic mass is 10.2. The fourth-order valence-electron chi connectivity index (χ4n) is 2.31. The fraction of sp³-hybridized carbons (Fsp3) is 0.111. The standard InChI is InChI=1S/C18H16N4O4/c1-12-2-7-16(15(8-12)22-10-19-20-11-22)26-9-17(23)21-14-5-3-13(4-6-14)18(24)25/h2-8,10-11H,9H2,1H3,(H,21,23)(H,24,25). The number of anilines is 1. The molecule has 2 N–H and O–H groups in total. The van der Waals surface area contributed by atoms with E-state index in [-0.39, 0.29) is 18.1 Å². The van der Waals surface area contributed by atoms with Gasteiger partial charge < -0.3 is 15.2 Å². The van der Waals surface area contributed by atoms with Gasteiger partial charge in [0.15, 0.2) is 6.61 Å². The van der Waals surface area contributed by atoms with Gasteiger partial charge in [0.25, 0.3) is 5.91 Å². The number of amides is 1. The molecule has 26 heavy (non-hydrogen) atoms. The third-order valence-corrected chi connectivity index (χ3v) is 3.59. The van der Waals surface area contributed by atoms with E-state index in [1.54, 1.807) is 23.3 Å². The molecule has 1 amide bonds. The number of aromatic carboxylic acids is 1. The number of carbonyl (C=O) groups excluding carboxylic acids is 1. The Morgan fingerprint density at radius 3 is 2.46 bits per heavy atom. The zero-order chi connectivity index (χ0) is 18.5. The highest BCUT2D eigenvalue weighted by molar-refractivity contribution is 5.93. The molecular formula is C18H16N4O4. The third kappa shape index (κ3) is 4.04. The molecule has 8 heteroatoms. The van der Waals surface area contributed by atoms with Crippen LogP contribution in [-0.4, -0.2) is 38.4 Å². The first kappa shape index (κ1) is 17.2. The second kappa shape index (κ2) is 7.47. The summed E-state index contributed by atoms with van der Waals surface area (Å²) in [7, 11) is 0. The average Bonchev–Trinajstić information content (AvgIpc) is 3.15. The first-order valence-electron chi connectivity index (χ1n) is 7.74. The summed E-state index contributed by atoms with van der Waals surface area (Å²) in [6.45, 7) is 1.75. The van der Waals surface area contributed by atoms with Crippen LogP contribution < -0.4 is 10.1 Å². The van der Waals surface area contributed by atoms with Crippen LogP contribution in [0, 0.1) is 6.92 Å². The van der Waals surface area contributed by atoms with Crippen LogP contribution in [0.25, 0.3) is 5.69 Å². The van der Waals surface area contributed by atoms with Crippen LogP contribution in [-0.2, 0) is 4.79 Å². The van der Waals surface area contributed by atoms with E-state index >= 15 is 0 Å². The van der Waals surface area contributed by atoms with Crippen molar-refractivity contribution in [2.45, 2.75) is 6.92 Å². The molecule has 0 aliphatic heterocycles.